The van der Waals surface area contributed by atoms with Crippen molar-refractivity contribution in [1.82, 2.24) is 14.9 Å². The van der Waals surface area contributed by atoms with E-state index < -0.39 is 6.04 Å². The second-order valence-electron chi connectivity index (χ2n) is 5.45. The molecule has 1 aromatic heterocycles. The second kappa shape index (κ2) is 6.72. The fraction of sp³-hybridized carbons (Fsp3) is 0.0588. The molecule has 25 heavy (non-hydrogen) atoms. The van der Waals surface area contributed by atoms with Gasteiger partial charge in [-0.25, -0.2) is 4.68 Å². The van der Waals surface area contributed by atoms with Gasteiger partial charge < -0.3 is 5.73 Å². The highest BCUT2D eigenvalue weighted by Crippen LogP contribution is 2.34. The third kappa shape index (κ3) is 3.14. The molecule has 3 N–H and O–H groups in total. The van der Waals surface area contributed by atoms with Gasteiger partial charge in [-0.1, -0.05) is 65.3 Å². The lowest BCUT2D eigenvalue weighted by Gasteiger charge is -2.21. The Labute approximate surface area is 158 Å². The molecule has 0 aliphatic carbocycles. The van der Waals surface area contributed by atoms with Crippen molar-refractivity contribution in [1.29, 1.82) is 0 Å². The summed E-state index contributed by atoms with van der Waals surface area (Å²) in [6, 6.07) is 14.8. The quantitative estimate of drug-likeness (QED) is 0.699. The average Bonchev–Trinajstić information content (AvgIpc) is 3.05. The van der Waals surface area contributed by atoms with Crippen LogP contribution in [0.3, 0.4) is 0 Å². The highest BCUT2D eigenvalue weighted by molar-refractivity contribution is 8.02. The number of nitrogens with zero attached hydrogens (tertiary/aromatic N) is 3. The van der Waals surface area contributed by atoms with Crippen LogP contribution in [0.5, 0.6) is 0 Å². The van der Waals surface area contributed by atoms with E-state index in [0.717, 1.165) is 22.0 Å². The number of hydrogen-bond donors (Lipinski definition) is 2. The summed E-state index contributed by atoms with van der Waals surface area (Å²) in [7, 11) is 0. The minimum Gasteiger partial charge on any atom is -0.318 e. The number of aromatic nitrogens is 3. The van der Waals surface area contributed by atoms with Crippen molar-refractivity contribution in [3.05, 3.63) is 80.9 Å². The summed E-state index contributed by atoms with van der Waals surface area (Å²) in [6.07, 6.45) is 0. The topological polar surface area (TPSA) is 68.8 Å². The number of fused-ring (bicyclic) bond motifs is 1. The number of nitrogens with two attached hydrogens (primary N) is 1. The highest BCUT2D eigenvalue weighted by Gasteiger charge is 2.24. The Hall–Kier alpha value is -1.99. The number of halogens is 2. The summed E-state index contributed by atoms with van der Waals surface area (Å²) in [5.74, 6) is 0.629. The van der Waals surface area contributed by atoms with Crippen LogP contribution in [0.25, 0.3) is 5.70 Å². The Bertz CT molecular complexity index is 955. The van der Waals surface area contributed by atoms with Gasteiger partial charge in [0.1, 0.15) is 0 Å². The van der Waals surface area contributed by atoms with E-state index in [2.05, 4.69) is 15.6 Å². The van der Waals surface area contributed by atoms with Gasteiger partial charge in [0.25, 0.3) is 0 Å². The molecule has 0 saturated carbocycles. The van der Waals surface area contributed by atoms with Crippen LogP contribution in [-0.4, -0.2) is 14.9 Å². The largest absolute Gasteiger partial charge is 0.318 e. The van der Waals surface area contributed by atoms with Gasteiger partial charge in [0.15, 0.2) is 5.82 Å². The third-order valence-corrected chi connectivity index (χ3v) is 5.21. The molecule has 0 saturated heterocycles. The summed E-state index contributed by atoms with van der Waals surface area (Å²) in [6.45, 7) is 0. The first-order valence-electron chi connectivity index (χ1n) is 7.48. The summed E-state index contributed by atoms with van der Waals surface area (Å²) >= 11 is 13.8. The predicted molar refractivity (Wildman–Crippen MR) is 102 cm³/mol. The van der Waals surface area contributed by atoms with Gasteiger partial charge in [0.05, 0.1) is 16.8 Å². The molecular weight excluding hydrogens is 377 g/mol. The number of thioether (sulfide) groups is 1. The Kier molecular flexibility index (Phi) is 4.43. The molecule has 0 radical (unpaired) electrons. The smallest absolute Gasteiger partial charge is 0.214 e. The van der Waals surface area contributed by atoms with Gasteiger partial charge in [-0.2, -0.15) is 0 Å². The van der Waals surface area contributed by atoms with E-state index in [9.17, 15) is 0 Å². The molecule has 0 bridgehead atoms. The van der Waals surface area contributed by atoms with Crippen LogP contribution < -0.4 is 11.2 Å². The lowest BCUT2D eigenvalue weighted by Crippen LogP contribution is -2.25. The van der Waals surface area contributed by atoms with E-state index in [1.807, 2.05) is 41.8 Å². The first kappa shape index (κ1) is 16.5. The van der Waals surface area contributed by atoms with E-state index in [1.165, 1.54) is 11.8 Å². The van der Waals surface area contributed by atoms with Gasteiger partial charge in [-0.3, -0.25) is 5.43 Å². The van der Waals surface area contributed by atoms with E-state index >= 15 is 0 Å². The number of rotatable bonds is 3. The summed E-state index contributed by atoms with van der Waals surface area (Å²) in [5, 5.41) is 12.3. The maximum absolute atomic E-state index is 6.38. The Morgan fingerprint density at radius 1 is 1.08 bits per heavy atom. The van der Waals surface area contributed by atoms with Crippen molar-refractivity contribution in [2.75, 3.05) is 5.43 Å². The van der Waals surface area contributed by atoms with Crippen molar-refractivity contribution in [3.8, 4) is 0 Å². The van der Waals surface area contributed by atoms with Crippen LogP contribution in [0.4, 0.5) is 0 Å². The lowest BCUT2D eigenvalue weighted by molar-refractivity contribution is 0.705. The molecule has 0 amide bonds. The zero-order chi connectivity index (χ0) is 17.4. The third-order valence-electron chi connectivity index (χ3n) is 3.83. The highest BCUT2D eigenvalue weighted by atomic mass is 35.5. The minimum atomic E-state index is -0.393. The maximum Gasteiger partial charge on any atom is 0.214 e. The minimum absolute atomic E-state index is 0.393. The summed E-state index contributed by atoms with van der Waals surface area (Å²) < 4.78 is 1.79. The first-order chi connectivity index (χ1) is 12.1. The average molecular weight is 390 g/mol. The van der Waals surface area contributed by atoms with Gasteiger partial charge in [-0.05, 0) is 23.8 Å². The molecule has 5 nitrogen and oxygen atoms in total. The predicted octanol–water partition coefficient (Wildman–Crippen LogP) is 4.28. The molecule has 1 aliphatic rings. The molecule has 2 heterocycles. The monoisotopic (exact) mass is 389 g/mol. The van der Waals surface area contributed by atoms with Gasteiger partial charge in [-0.15, -0.1) is 10.2 Å². The molecule has 2 aromatic carbocycles. The van der Waals surface area contributed by atoms with Crippen LogP contribution >= 0.6 is 35.0 Å². The van der Waals surface area contributed by atoms with Crippen LogP contribution in [-0.2, 0) is 0 Å². The maximum atomic E-state index is 6.38. The first-order valence-corrected chi connectivity index (χ1v) is 9.12. The number of benzene rings is 2. The van der Waals surface area contributed by atoms with Crippen molar-refractivity contribution >= 4 is 40.7 Å². The van der Waals surface area contributed by atoms with Crippen LogP contribution in [0.2, 0.25) is 10.0 Å². The lowest BCUT2D eigenvalue weighted by atomic mass is 10.1. The fourth-order valence-electron chi connectivity index (χ4n) is 2.56. The Balaban J connectivity index is 1.68. The summed E-state index contributed by atoms with van der Waals surface area (Å²) in [4.78, 5) is 0. The van der Waals surface area contributed by atoms with Crippen LogP contribution in [0.15, 0.2) is 59.1 Å². The standard InChI is InChI=1S/C17H13Cl2N5S/c18-11-6-7-12(13(19)8-11)14-9-25-17-22-21-16(24(17)23-14)15(20)10-4-2-1-3-5-10/h1-9,15,23H,20H2/t15-/m1/s1. The van der Waals surface area contributed by atoms with Crippen LogP contribution in [0, 0.1) is 0 Å². The van der Waals surface area contributed by atoms with Crippen LogP contribution in [0.1, 0.15) is 23.0 Å². The molecule has 0 spiro atoms. The van der Waals surface area contributed by atoms with Crippen molar-refractivity contribution < 1.29 is 0 Å². The molecule has 3 aromatic rings. The molecule has 1 atom stereocenters. The van der Waals surface area contributed by atoms with E-state index in [1.54, 1.807) is 16.8 Å². The van der Waals surface area contributed by atoms with Crippen molar-refractivity contribution in [2.24, 2.45) is 5.73 Å². The molecular formula is C17H13Cl2N5S. The van der Waals surface area contributed by atoms with E-state index in [4.69, 9.17) is 28.9 Å². The number of nitrogens with one attached hydrogen (secondary N) is 1. The molecule has 0 unspecified atom stereocenters. The zero-order valence-electron chi connectivity index (χ0n) is 12.9. The normalized spacial score (nSPS) is 14.4. The second-order valence-corrected chi connectivity index (χ2v) is 7.13. The van der Waals surface area contributed by atoms with E-state index in [-0.39, 0.29) is 0 Å². The fourth-order valence-corrected chi connectivity index (χ4v) is 3.81. The molecule has 4 rings (SSSR count). The van der Waals surface area contributed by atoms with Crippen molar-refractivity contribution in [2.45, 2.75) is 11.2 Å². The molecule has 1 aliphatic heterocycles. The van der Waals surface area contributed by atoms with Crippen molar-refractivity contribution in [3.63, 3.8) is 0 Å². The number of hydrogen-bond acceptors (Lipinski definition) is 5. The van der Waals surface area contributed by atoms with E-state index in [0.29, 0.717) is 15.9 Å². The summed E-state index contributed by atoms with van der Waals surface area (Å²) in [5.41, 5.74) is 12.3. The Morgan fingerprint density at radius 2 is 1.88 bits per heavy atom. The molecule has 8 heteroatoms. The van der Waals surface area contributed by atoms with Gasteiger partial charge >= 0.3 is 0 Å². The Morgan fingerprint density at radius 3 is 2.64 bits per heavy atom. The molecule has 126 valence electrons. The van der Waals surface area contributed by atoms with Gasteiger partial charge in [0.2, 0.25) is 5.16 Å². The zero-order valence-corrected chi connectivity index (χ0v) is 15.2. The SMILES string of the molecule is N[C@H](c1ccccc1)c1nnc2n1NC(c1ccc(Cl)cc1Cl)=CS2. The molecule has 0 fully saturated rings. The van der Waals surface area contributed by atoms with Gasteiger partial charge in [0, 0.05) is 16.0 Å².